The third kappa shape index (κ3) is 3.71. The van der Waals surface area contributed by atoms with E-state index in [1.807, 2.05) is 24.3 Å². The maximum atomic E-state index is 12.2. The molecule has 0 radical (unpaired) electrons. The fourth-order valence-electron chi connectivity index (χ4n) is 1.98. The van der Waals surface area contributed by atoms with Crippen molar-refractivity contribution in [1.29, 1.82) is 0 Å². The highest BCUT2D eigenvalue weighted by atomic mass is 32.1. The Balaban J connectivity index is 2.02. The summed E-state index contributed by atoms with van der Waals surface area (Å²) in [6.07, 6.45) is 0. The molecule has 1 saturated heterocycles. The largest absolute Gasteiger partial charge is 0.392 e. The molecular weight excluding hydrogens is 286 g/mol. The quantitative estimate of drug-likeness (QED) is 0.830. The van der Waals surface area contributed by atoms with Crippen LogP contribution in [0.3, 0.4) is 0 Å². The molecule has 0 saturated carbocycles. The van der Waals surface area contributed by atoms with Gasteiger partial charge in [0.15, 0.2) is 0 Å². The van der Waals surface area contributed by atoms with E-state index in [4.69, 9.17) is 22.7 Å². The Morgan fingerprint density at radius 1 is 1.29 bits per heavy atom. The van der Waals surface area contributed by atoms with Gasteiger partial charge >= 0.3 is 0 Å². The Hall–Kier alpha value is -1.66. The minimum Gasteiger partial charge on any atom is -0.392 e. The summed E-state index contributed by atoms with van der Waals surface area (Å²) in [5, 5.41) is 2.84. The SMILES string of the molecule is CC(C)(C(=O)Nc1ccc(N2CCOCC2)cc1)C(N)=S. The van der Waals surface area contributed by atoms with Crippen LogP contribution >= 0.6 is 12.2 Å². The molecule has 21 heavy (non-hydrogen) atoms. The van der Waals surface area contributed by atoms with Gasteiger partial charge in [0.05, 0.1) is 23.6 Å². The van der Waals surface area contributed by atoms with Crippen LogP contribution in [0.5, 0.6) is 0 Å². The molecule has 1 aliphatic heterocycles. The molecule has 5 nitrogen and oxygen atoms in total. The number of ether oxygens (including phenoxy) is 1. The van der Waals surface area contributed by atoms with Crippen LogP contribution in [0.2, 0.25) is 0 Å². The second-order valence-electron chi connectivity index (χ2n) is 5.59. The molecule has 1 amide bonds. The zero-order chi connectivity index (χ0) is 15.5. The summed E-state index contributed by atoms with van der Waals surface area (Å²) < 4.78 is 5.33. The van der Waals surface area contributed by atoms with E-state index in [9.17, 15) is 4.79 Å². The molecule has 1 heterocycles. The Bertz CT molecular complexity index is 522. The smallest absolute Gasteiger partial charge is 0.236 e. The van der Waals surface area contributed by atoms with E-state index >= 15 is 0 Å². The number of morpholine rings is 1. The van der Waals surface area contributed by atoms with E-state index < -0.39 is 5.41 Å². The van der Waals surface area contributed by atoms with Gasteiger partial charge in [-0.25, -0.2) is 0 Å². The fourth-order valence-corrected chi connectivity index (χ4v) is 2.07. The van der Waals surface area contributed by atoms with Crippen LogP contribution in [0, 0.1) is 5.41 Å². The number of benzene rings is 1. The topological polar surface area (TPSA) is 67.6 Å². The number of rotatable bonds is 4. The third-order valence-electron chi connectivity index (χ3n) is 3.69. The van der Waals surface area contributed by atoms with Crippen LogP contribution in [0.4, 0.5) is 11.4 Å². The summed E-state index contributed by atoms with van der Waals surface area (Å²) in [5.74, 6) is -0.200. The van der Waals surface area contributed by atoms with Crippen molar-refractivity contribution in [2.45, 2.75) is 13.8 Å². The molecule has 0 aromatic heterocycles. The molecule has 1 fully saturated rings. The molecule has 0 unspecified atom stereocenters. The third-order valence-corrected chi connectivity index (χ3v) is 4.20. The van der Waals surface area contributed by atoms with Crippen LogP contribution in [0.1, 0.15) is 13.8 Å². The summed E-state index contributed by atoms with van der Waals surface area (Å²) >= 11 is 4.93. The first-order valence-corrected chi connectivity index (χ1v) is 7.36. The predicted octanol–water partition coefficient (Wildman–Crippen LogP) is 1.77. The van der Waals surface area contributed by atoms with Gasteiger partial charge in [0.25, 0.3) is 0 Å². The van der Waals surface area contributed by atoms with Crippen LogP contribution in [0.25, 0.3) is 0 Å². The van der Waals surface area contributed by atoms with E-state index in [0.717, 1.165) is 37.7 Å². The van der Waals surface area contributed by atoms with E-state index in [1.165, 1.54) is 0 Å². The monoisotopic (exact) mass is 307 g/mol. The summed E-state index contributed by atoms with van der Waals surface area (Å²) in [5.41, 5.74) is 6.60. The molecule has 114 valence electrons. The number of hydrogen-bond acceptors (Lipinski definition) is 4. The van der Waals surface area contributed by atoms with Crippen molar-refractivity contribution in [1.82, 2.24) is 0 Å². The summed E-state index contributed by atoms with van der Waals surface area (Å²) in [7, 11) is 0. The first-order chi connectivity index (χ1) is 9.91. The lowest BCUT2D eigenvalue weighted by molar-refractivity contribution is -0.121. The van der Waals surface area contributed by atoms with E-state index in [-0.39, 0.29) is 10.9 Å². The van der Waals surface area contributed by atoms with Crippen molar-refractivity contribution in [2.24, 2.45) is 11.1 Å². The lowest BCUT2D eigenvalue weighted by Crippen LogP contribution is -2.41. The van der Waals surface area contributed by atoms with Gasteiger partial charge in [-0.15, -0.1) is 0 Å². The second-order valence-corrected chi connectivity index (χ2v) is 6.03. The maximum Gasteiger partial charge on any atom is 0.236 e. The molecule has 1 aromatic rings. The van der Waals surface area contributed by atoms with Gasteiger partial charge in [-0.05, 0) is 38.1 Å². The minimum absolute atomic E-state index is 0.185. The molecule has 6 heteroatoms. The van der Waals surface area contributed by atoms with Crippen molar-refractivity contribution in [3.63, 3.8) is 0 Å². The maximum absolute atomic E-state index is 12.2. The number of thiocarbonyl (C=S) groups is 1. The van der Waals surface area contributed by atoms with Crippen molar-refractivity contribution in [3.8, 4) is 0 Å². The van der Waals surface area contributed by atoms with Gasteiger partial charge in [0, 0.05) is 24.5 Å². The lowest BCUT2D eigenvalue weighted by atomic mass is 9.92. The number of amides is 1. The Morgan fingerprint density at radius 3 is 2.38 bits per heavy atom. The molecule has 0 aliphatic carbocycles. The van der Waals surface area contributed by atoms with Gasteiger partial charge in [-0.2, -0.15) is 0 Å². The lowest BCUT2D eigenvalue weighted by Gasteiger charge is -2.29. The Kier molecular flexibility index (Phi) is 4.80. The molecule has 3 N–H and O–H groups in total. The Morgan fingerprint density at radius 2 is 1.86 bits per heavy atom. The Labute approximate surface area is 130 Å². The van der Waals surface area contributed by atoms with E-state index in [2.05, 4.69) is 10.2 Å². The standard InChI is InChI=1S/C15H21N3O2S/c1-15(2,13(16)21)14(19)17-11-3-5-12(6-4-11)18-7-9-20-10-8-18/h3-6H,7-10H2,1-2H3,(H2,16,21)(H,17,19). The number of nitrogens with two attached hydrogens (primary N) is 1. The average Bonchev–Trinajstić information content (AvgIpc) is 2.48. The van der Waals surface area contributed by atoms with E-state index in [0.29, 0.717) is 0 Å². The highest BCUT2D eigenvalue weighted by molar-refractivity contribution is 7.80. The molecule has 0 spiro atoms. The van der Waals surface area contributed by atoms with E-state index in [1.54, 1.807) is 13.8 Å². The number of carbonyl (C=O) groups is 1. The first kappa shape index (κ1) is 15.7. The second kappa shape index (κ2) is 6.41. The van der Waals surface area contributed by atoms with Crippen LogP contribution in [-0.4, -0.2) is 37.2 Å². The minimum atomic E-state index is -0.863. The highest BCUT2D eigenvalue weighted by Crippen LogP contribution is 2.22. The molecule has 1 aromatic carbocycles. The number of carbonyl (C=O) groups excluding carboxylic acids is 1. The fraction of sp³-hybridized carbons (Fsp3) is 0.467. The molecule has 0 atom stereocenters. The normalized spacial score (nSPS) is 15.6. The van der Waals surface area contributed by atoms with Crippen LogP contribution in [-0.2, 0) is 9.53 Å². The van der Waals surface area contributed by atoms with Gasteiger partial charge < -0.3 is 20.7 Å². The van der Waals surface area contributed by atoms with Crippen molar-refractivity contribution < 1.29 is 9.53 Å². The number of anilines is 2. The van der Waals surface area contributed by atoms with Gasteiger partial charge in [-0.1, -0.05) is 12.2 Å². The molecular formula is C15H21N3O2S. The number of hydrogen-bond donors (Lipinski definition) is 2. The van der Waals surface area contributed by atoms with Crippen molar-refractivity contribution >= 4 is 34.5 Å². The molecule has 2 rings (SSSR count). The summed E-state index contributed by atoms with van der Waals surface area (Å²) in [4.78, 5) is 14.6. The van der Waals surface area contributed by atoms with Crippen LogP contribution in [0.15, 0.2) is 24.3 Å². The molecule has 1 aliphatic rings. The zero-order valence-electron chi connectivity index (χ0n) is 12.4. The molecule has 0 bridgehead atoms. The van der Waals surface area contributed by atoms with Gasteiger partial charge in [0.1, 0.15) is 0 Å². The summed E-state index contributed by atoms with van der Waals surface area (Å²) in [6.45, 7) is 6.71. The number of nitrogens with zero attached hydrogens (tertiary/aromatic N) is 1. The predicted molar refractivity (Wildman–Crippen MR) is 88.7 cm³/mol. The van der Waals surface area contributed by atoms with Crippen LogP contribution < -0.4 is 16.0 Å². The van der Waals surface area contributed by atoms with Gasteiger partial charge in [-0.3, -0.25) is 4.79 Å². The van der Waals surface area contributed by atoms with Gasteiger partial charge in [0.2, 0.25) is 5.91 Å². The van der Waals surface area contributed by atoms with Crippen molar-refractivity contribution in [2.75, 3.05) is 36.5 Å². The highest BCUT2D eigenvalue weighted by Gasteiger charge is 2.30. The summed E-state index contributed by atoms with van der Waals surface area (Å²) in [6, 6.07) is 7.76. The zero-order valence-corrected chi connectivity index (χ0v) is 13.2. The average molecular weight is 307 g/mol. The van der Waals surface area contributed by atoms with Crippen molar-refractivity contribution in [3.05, 3.63) is 24.3 Å². The number of nitrogens with one attached hydrogen (secondary N) is 1. The first-order valence-electron chi connectivity index (χ1n) is 6.95.